The van der Waals surface area contributed by atoms with Gasteiger partial charge in [0.1, 0.15) is 0 Å². The number of aliphatic carboxylic acids is 1. The molecule has 24 heavy (non-hydrogen) atoms. The average Bonchev–Trinajstić information content (AvgIpc) is 3.30. The third kappa shape index (κ3) is 12.1. The molecule has 0 aromatic rings. The summed E-state index contributed by atoms with van der Waals surface area (Å²) in [7, 11) is 0. The molecule has 0 aromatic heterocycles. The minimum Gasteiger partial charge on any atom is -0.481 e. The molecule has 1 aliphatic rings. The van der Waals surface area contributed by atoms with E-state index in [2.05, 4.69) is 36.5 Å². The highest BCUT2D eigenvalue weighted by Crippen LogP contribution is 2.29. The summed E-state index contributed by atoms with van der Waals surface area (Å²) in [6, 6.07) is 0. The van der Waals surface area contributed by atoms with Crippen LogP contribution in [-0.4, -0.2) is 35.0 Å². The molecule has 4 nitrogen and oxygen atoms in total. The largest absolute Gasteiger partial charge is 0.481 e. The first-order valence-electron chi connectivity index (χ1n) is 9.17. The molecule has 1 fully saturated rings. The second-order valence-electron chi connectivity index (χ2n) is 6.19. The second-order valence-corrected chi connectivity index (χ2v) is 6.19. The van der Waals surface area contributed by atoms with Gasteiger partial charge in [-0.05, 0) is 51.4 Å². The molecule has 0 saturated carbocycles. The van der Waals surface area contributed by atoms with Gasteiger partial charge >= 0.3 is 5.97 Å². The SMILES string of the molecule is O=C(O)CCC/C=C\C/C=C\CC1OC1C/C=C\CCCCCO. The molecule has 1 heterocycles. The van der Waals surface area contributed by atoms with Crippen LogP contribution >= 0.6 is 0 Å². The van der Waals surface area contributed by atoms with E-state index < -0.39 is 5.97 Å². The van der Waals surface area contributed by atoms with Gasteiger partial charge in [0.05, 0.1) is 12.2 Å². The zero-order valence-corrected chi connectivity index (χ0v) is 14.6. The number of epoxide rings is 1. The first-order chi connectivity index (χ1) is 11.7. The van der Waals surface area contributed by atoms with Crippen LogP contribution in [-0.2, 0) is 9.53 Å². The Morgan fingerprint density at radius 3 is 2.17 bits per heavy atom. The van der Waals surface area contributed by atoms with Crippen LogP contribution in [0.1, 0.15) is 64.2 Å². The van der Waals surface area contributed by atoms with E-state index in [1.807, 2.05) is 0 Å². The van der Waals surface area contributed by atoms with Crippen molar-refractivity contribution in [2.75, 3.05) is 6.61 Å². The predicted octanol–water partition coefficient (Wildman–Crippen LogP) is 4.40. The van der Waals surface area contributed by atoms with E-state index in [4.69, 9.17) is 14.9 Å². The van der Waals surface area contributed by atoms with Crippen molar-refractivity contribution in [3.63, 3.8) is 0 Å². The van der Waals surface area contributed by atoms with Crippen LogP contribution in [0.4, 0.5) is 0 Å². The summed E-state index contributed by atoms with van der Waals surface area (Å²) in [5.41, 5.74) is 0. The number of ether oxygens (including phenoxy) is 1. The Morgan fingerprint density at radius 2 is 1.46 bits per heavy atom. The first kappa shape index (κ1) is 20.7. The number of hydrogen-bond donors (Lipinski definition) is 2. The monoisotopic (exact) mass is 336 g/mol. The first-order valence-corrected chi connectivity index (χ1v) is 9.17. The molecule has 0 bridgehead atoms. The van der Waals surface area contributed by atoms with Crippen molar-refractivity contribution >= 4 is 5.97 Å². The molecule has 136 valence electrons. The molecule has 4 heteroatoms. The number of hydrogen-bond acceptors (Lipinski definition) is 3. The Kier molecular flexibility index (Phi) is 12.0. The molecule has 1 aliphatic heterocycles. The Balaban J connectivity index is 1.91. The molecule has 2 atom stereocenters. The van der Waals surface area contributed by atoms with Crippen LogP contribution < -0.4 is 0 Å². The number of aliphatic hydroxyl groups is 1. The number of carboxylic acid groups (broad SMARTS) is 1. The molecular weight excluding hydrogens is 304 g/mol. The summed E-state index contributed by atoms with van der Waals surface area (Å²) in [5.74, 6) is -0.723. The Labute approximate surface area is 145 Å². The second kappa shape index (κ2) is 14.0. The van der Waals surface area contributed by atoms with Crippen molar-refractivity contribution in [3.05, 3.63) is 36.5 Å². The van der Waals surface area contributed by atoms with Crippen LogP contribution in [0.5, 0.6) is 0 Å². The molecule has 1 saturated heterocycles. The summed E-state index contributed by atoms with van der Waals surface area (Å²) in [6.45, 7) is 0.301. The van der Waals surface area contributed by atoms with Gasteiger partial charge in [-0.2, -0.15) is 0 Å². The molecule has 2 unspecified atom stereocenters. The van der Waals surface area contributed by atoms with E-state index in [0.717, 1.165) is 51.4 Å². The summed E-state index contributed by atoms with van der Waals surface area (Å²) in [4.78, 5) is 10.3. The molecule has 0 aromatic carbocycles. The van der Waals surface area contributed by atoms with Crippen molar-refractivity contribution < 1.29 is 19.7 Å². The molecule has 2 N–H and O–H groups in total. The van der Waals surface area contributed by atoms with Gasteiger partial charge in [0.15, 0.2) is 0 Å². The smallest absolute Gasteiger partial charge is 0.303 e. The highest BCUT2D eigenvalue weighted by molar-refractivity contribution is 5.66. The third-order valence-electron chi connectivity index (χ3n) is 3.99. The van der Waals surface area contributed by atoms with Gasteiger partial charge < -0.3 is 14.9 Å². The lowest BCUT2D eigenvalue weighted by atomic mass is 10.1. The van der Waals surface area contributed by atoms with E-state index in [1.54, 1.807) is 0 Å². The van der Waals surface area contributed by atoms with Crippen molar-refractivity contribution in [2.24, 2.45) is 0 Å². The van der Waals surface area contributed by atoms with E-state index in [-0.39, 0.29) is 6.42 Å². The maximum atomic E-state index is 10.3. The third-order valence-corrected chi connectivity index (χ3v) is 3.99. The summed E-state index contributed by atoms with van der Waals surface area (Å²) >= 11 is 0. The van der Waals surface area contributed by atoms with Crippen LogP contribution in [0.3, 0.4) is 0 Å². The van der Waals surface area contributed by atoms with Crippen molar-refractivity contribution in [1.82, 2.24) is 0 Å². The van der Waals surface area contributed by atoms with Gasteiger partial charge in [0.2, 0.25) is 0 Å². The minimum absolute atomic E-state index is 0.248. The predicted molar refractivity (Wildman–Crippen MR) is 97.0 cm³/mol. The number of carboxylic acids is 1. The van der Waals surface area contributed by atoms with E-state index in [9.17, 15) is 4.79 Å². The lowest BCUT2D eigenvalue weighted by Crippen LogP contribution is -1.92. The van der Waals surface area contributed by atoms with Gasteiger partial charge in [0.25, 0.3) is 0 Å². The van der Waals surface area contributed by atoms with Gasteiger partial charge in [-0.25, -0.2) is 0 Å². The standard InChI is InChI=1S/C20H32O4/c21-17-13-9-5-4-7-11-15-19-18(24-19)14-10-6-2-1-3-8-12-16-20(22)23/h1,3,6-7,10-11,18-19,21H,2,4-5,8-9,12-17H2,(H,22,23)/b3-1-,10-6-,11-7-. The van der Waals surface area contributed by atoms with Crippen LogP contribution in [0.25, 0.3) is 0 Å². The lowest BCUT2D eigenvalue weighted by molar-refractivity contribution is -0.137. The Morgan fingerprint density at radius 1 is 0.833 bits per heavy atom. The Hall–Kier alpha value is -1.39. The van der Waals surface area contributed by atoms with Crippen LogP contribution in [0.2, 0.25) is 0 Å². The van der Waals surface area contributed by atoms with Crippen molar-refractivity contribution in [1.29, 1.82) is 0 Å². The molecule has 0 radical (unpaired) electrons. The molecule has 0 amide bonds. The summed E-state index contributed by atoms with van der Waals surface area (Å²) < 4.78 is 5.63. The average molecular weight is 336 g/mol. The number of carbonyl (C=O) groups is 1. The Bertz CT molecular complexity index is 412. The van der Waals surface area contributed by atoms with Gasteiger partial charge in [-0.1, -0.05) is 42.9 Å². The van der Waals surface area contributed by atoms with E-state index in [0.29, 0.717) is 25.2 Å². The number of allylic oxidation sites excluding steroid dienone is 4. The molecule has 0 spiro atoms. The van der Waals surface area contributed by atoms with E-state index >= 15 is 0 Å². The summed E-state index contributed by atoms with van der Waals surface area (Å²) in [5, 5.41) is 17.2. The van der Waals surface area contributed by atoms with Crippen LogP contribution in [0, 0.1) is 0 Å². The maximum absolute atomic E-state index is 10.3. The maximum Gasteiger partial charge on any atom is 0.303 e. The molecular formula is C20H32O4. The van der Waals surface area contributed by atoms with Crippen molar-refractivity contribution in [2.45, 2.75) is 76.4 Å². The minimum atomic E-state index is -0.723. The topological polar surface area (TPSA) is 70.1 Å². The van der Waals surface area contributed by atoms with Gasteiger partial charge in [0, 0.05) is 13.0 Å². The number of unbranched alkanes of at least 4 members (excludes halogenated alkanes) is 4. The molecule has 1 rings (SSSR count). The van der Waals surface area contributed by atoms with Gasteiger partial charge in [-0.15, -0.1) is 0 Å². The summed E-state index contributed by atoms with van der Waals surface area (Å²) in [6.07, 6.45) is 22.6. The van der Waals surface area contributed by atoms with Crippen molar-refractivity contribution in [3.8, 4) is 0 Å². The van der Waals surface area contributed by atoms with E-state index in [1.165, 1.54) is 0 Å². The normalized spacial score (nSPS) is 20.5. The molecule has 0 aliphatic carbocycles. The van der Waals surface area contributed by atoms with Crippen LogP contribution in [0.15, 0.2) is 36.5 Å². The highest BCUT2D eigenvalue weighted by atomic mass is 16.6. The number of aliphatic hydroxyl groups excluding tert-OH is 1. The van der Waals surface area contributed by atoms with Gasteiger partial charge in [-0.3, -0.25) is 4.79 Å². The quantitative estimate of drug-likeness (QED) is 0.264. The fourth-order valence-corrected chi connectivity index (χ4v) is 2.48. The zero-order chi connectivity index (χ0) is 17.5. The number of rotatable bonds is 15. The fraction of sp³-hybridized carbons (Fsp3) is 0.650. The zero-order valence-electron chi connectivity index (χ0n) is 14.6. The highest BCUT2D eigenvalue weighted by Gasteiger charge is 2.35. The fourth-order valence-electron chi connectivity index (χ4n) is 2.48. The lowest BCUT2D eigenvalue weighted by Gasteiger charge is -1.93.